The van der Waals surface area contributed by atoms with Crippen molar-refractivity contribution >= 4 is 22.6 Å². The second kappa shape index (κ2) is 5.79. The van der Waals surface area contributed by atoms with Crippen molar-refractivity contribution in [1.29, 1.82) is 0 Å². The van der Waals surface area contributed by atoms with Crippen molar-refractivity contribution in [3.05, 3.63) is 5.82 Å². The Balaban J connectivity index is 2.66. The number of nitrogens with zero attached hydrogens (tertiary/aromatic N) is 2. The molecule has 0 saturated heterocycles. The highest BCUT2D eigenvalue weighted by molar-refractivity contribution is 7.09. The number of carbonyl (C=O) groups is 1. The van der Waals surface area contributed by atoms with Crippen LogP contribution >= 0.6 is 11.5 Å². The van der Waals surface area contributed by atoms with E-state index in [0.29, 0.717) is 11.6 Å². The third-order valence-corrected chi connectivity index (χ3v) is 2.79. The van der Waals surface area contributed by atoms with E-state index in [2.05, 4.69) is 14.7 Å². The van der Waals surface area contributed by atoms with Crippen molar-refractivity contribution in [2.75, 3.05) is 5.32 Å². The minimum absolute atomic E-state index is 0.265. The SMILES string of the molecule is CCCC(Nc1nc(C(C)C)ns1)C(=O)O. The number of carboxylic acids is 1. The summed E-state index contributed by atoms with van der Waals surface area (Å²) in [6.45, 7) is 5.97. The van der Waals surface area contributed by atoms with Gasteiger partial charge in [-0.25, -0.2) is 9.78 Å². The molecule has 90 valence electrons. The fraction of sp³-hybridized carbons (Fsp3) is 0.700. The van der Waals surface area contributed by atoms with Crippen LogP contribution in [0, 0.1) is 0 Å². The van der Waals surface area contributed by atoms with Crippen molar-refractivity contribution in [1.82, 2.24) is 9.36 Å². The molecule has 0 fully saturated rings. The quantitative estimate of drug-likeness (QED) is 0.802. The summed E-state index contributed by atoms with van der Waals surface area (Å²) in [7, 11) is 0. The average molecular weight is 243 g/mol. The molecule has 0 aromatic carbocycles. The molecule has 1 rings (SSSR count). The number of carboxylic acid groups (broad SMARTS) is 1. The van der Waals surface area contributed by atoms with E-state index in [1.165, 1.54) is 11.5 Å². The molecule has 0 bridgehead atoms. The number of hydrogen-bond acceptors (Lipinski definition) is 5. The van der Waals surface area contributed by atoms with E-state index in [-0.39, 0.29) is 5.92 Å². The summed E-state index contributed by atoms with van der Waals surface area (Å²) in [4.78, 5) is 15.2. The third kappa shape index (κ3) is 3.44. The number of rotatable bonds is 6. The lowest BCUT2D eigenvalue weighted by molar-refractivity contribution is -0.138. The fourth-order valence-electron chi connectivity index (χ4n) is 1.22. The zero-order valence-electron chi connectivity index (χ0n) is 9.73. The smallest absolute Gasteiger partial charge is 0.326 e. The predicted octanol–water partition coefficient (Wildman–Crippen LogP) is 2.33. The van der Waals surface area contributed by atoms with Crippen LogP contribution in [0.1, 0.15) is 45.4 Å². The van der Waals surface area contributed by atoms with Crippen molar-refractivity contribution < 1.29 is 9.90 Å². The largest absolute Gasteiger partial charge is 0.480 e. The number of nitrogens with one attached hydrogen (secondary N) is 1. The first-order valence-electron chi connectivity index (χ1n) is 5.37. The summed E-state index contributed by atoms with van der Waals surface area (Å²) in [5.41, 5.74) is 0. The van der Waals surface area contributed by atoms with E-state index in [4.69, 9.17) is 5.11 Å². The lowest BCUT2D eigenvalue weighted by Crippen LogP contribution is -2.28. The van der Waals surface area contributed by atoms with Gasteiger partial charge in [-0.05, 0) is 6.42 Å². The zero-order chi connectivity index (χ0) is 12.1. The van der Waals surface area contributed by atoms with Gasteiger partial charge in [-0.3, -0.25) is 0 Å². The molecule has 5 nitrogen and oxygen atoms in total. The summed E-state index contributed by atoms with van der Waals surface area (Å²) < 4.78 is 4.16. The maximum absolute atomic E-state index is 10.9. The highest BCUT2D eigenvalue weighted by atomic mass is 32.1. The third-order valence-electron chi connectivity index (χ3n) is 2.13. The first-order valence-corrected chi connectivity index (χ1v) is 6.14. The molecule has 2 N–H and O–H groups in total. The van der Waals surface area contributed by atoms with Crippen molar-refractivity contribution in [3.8, 4) is 0 Å². The first-order chi connectivity index (χ1) is 7.54. The zero-order valence-corrected chi connectivity index (χ0v) is 10.5. The molecule has 16 heavy (non-hydrogen) atoms. The van der Waals surface area contributed by atoms with Crippen LogP contribution in [0.3, 0.4) is 0 Å². The van der Waals surface area contributed by atoms with Crippen LogP contribution in [0.25, 0.3) is 0 Å². The highest BCUT2D eigenvalue weighted by Gasteiger charge is 2.18. The molecular weight excluding hydrogens is 226 g/mol. The Morgan fingerprint density at radius 1 is 1.56 bits per heavy atom. The van der Waals surface area contributed by atoms with Gasteiger partial charge in [0.25, 0.3) is 0 Å². The van der Waals surface area contributed by atoms with Gasteiger partial charge in [-0.2, -0.15) is 4.37 Å². The maximum Gasteiger partial charge on any atom is 0.326 e. The predicted molar refractivity (Wildman–Crippen MR) is 64.0 cm³/mol. The molecule has 1 unspecified atom stereocenters. The van der Waals surface area contributed by atoms with Crippen LogP contribution in [0.5, 0.6) is 0 Å². The van der Waals surface area contributed by atoms with Crippen molar-refractivity contribution in [3.63, 3.8) is 0 Å². The van der Waals surface area contributed by atoms with E-state index in [0.717, 1.165) is 12.2 Å². The Kier molecular flexibility index (Phi) is 4.67. The second-order valence-corrected chi connectivity index (χ2v) is 4.69. The first kappa shape index (κ1) is 12.9. The molecule has 0 radical (unpaired) electrons. The number of anilines is 1. The molecule has 0 saturated carbocycles. The molecule has 0 aliphatic rings. The molecule has 0 spiro atoms. The van der Waals surface area contributed by atoms with E-state index in [1.807, 2.05) is 20.8 Å². The van der Waals surface area contributed by atoms with Gasteiger partial charge in [0.1, 0.15) is 11.9 Å². The Morgan fingerprint density at radius 3 is 2.69 bits per heavy atom. The van der Waals surface area contributed by atoms with E-state index < -0.39 is 12.0 Å². The molecule has 1 aromatic heterocycles. The number of aromatic nitrogens is 2. The molecule has 6 heteroatoms. The maximum atomic E-state index is 10.9. The summed E-state index contributed by atoms with van der Waals surface area (Å²) in [6.07, 6.45) is 1.41. The monoisotopic (exact) mass is 243 g/mol. The Morgan fingerprint density at radius 2 is 2.25 bits per heavy atom. The Bertz CT molecular complexity index is 352. The van der Waals surface area contributed by atoms with Crippen molar-refractivity contribution in [2.24, 2.45) is 0 Å². The van der Waals surface area contributed by atoms with Gasteiger partial charge in [0, 0.05) is 17.5 Å². The van der Waals surface area contributed by atoms with Crippen LogP contribution < -0.4 is 5.32 Å². The van der Waals surface area contributed by atoms with Gasteiger partial charge in [0.15, 0.2) is 0 Å². The van der Waals surface area contributed by atoms with Gasteiger partial charge in [0.2, 0.25) is 5.13 Å². The second-order valence-electron chi connectivity index (χ2n) is 3.94. The van der Waals surface area contributed by atoms with Gasteiger partial charge >= 0.3 is 5.97 Å². The number of hydrogen-bond donors (Lipinski definition) is 2. The van der Waals surface area contributed by atoms with Gasteiger partial charge in [0.05, 0.1) is 0 Å². The fourth-order valence-corrected chi connectivity index (χ4v) is 1.98. The Hall–Kier alpha value is -1.17. The summed E-state index contributed by atoms with van der Waals surface area (Å²) >= 11 is 1.21. The van der Waals surface area contributed by atoms with Crippen LogP contribution in [0.4, 0.5) is 5.13 Å². The Labute approximate surface area is 99.1 Å². The summed E-state index contributed by atoms with van der Waals surface area (Å²) in [5, 5.41) is 12.5. The lowest BCUT2D eigenvalue weighted by atomic mass is 10.2. The topological polar surface area (TPSA) is 75.1 Å². The van der Waals surface area contributed by atoms with Gasteiger partial charge in [-0.1, -0.05) is 27.2 Å². The molecule has 0 aliphatic heterocycles. The summed E-state index contributed by atoms with van der Waals surface area (Å²) in [5.74, 6) is 0.178. The molecule has 1 atom stereocenters. The minimum Gasteiger partial charge on any atom is -0.480 e. The average Bonchev–Trinajstić information content (AvgIpc) is 2.65. The van der Waals surface area contributed by atoms with E-state index in [1.54, 1.807) is 0 Å². The van der Waals surface area contributed by atoms with Crippen LogP contribution in [0.15, 0.2) is 0 Å². The van der Waals surface area contributed by atoms with Crippen molar-refractivity contribution in [2.45, 2.75) is 45.6 Å². The minimum atomic E-state index is -0.844. The van der Waals surface area contributed by atoms with Crippen LogP contribution in [-0.4, -0.2) is 26.5 Å². The molecule has 0 aliphatic carbocycles. The van der Waals surface area contributed by atoms with Gasteiger partial charge < -0.3 is 10.4 Å². The molecule has 0 amide bonds. The standard InChI is InChI=1S/C10H17N3O2S/c1-4-5-7(9(14)15)11-10-12-8(6(2)3)13-16-10/h6-7H,4-5H2,1-3H3,(H,14,15)(H,11,12,13). The lowest BCUT2D eigenvalue weighted by Gasteiger charge is -2.11. The molecular formula is C10H17N3O2S. The highest BCUT2D eigenvalue weighted by Crippen LogP contribution is 2.18. The van der Waals surface area contributed by atoms with Gasteiger partial charge in [-0.15, -0.1) is 0 Å². The molecule has 1 heterocycles. The molecule has 1 aromatic rings. The van der Waals surface area contributed by atoms with E-state index >= 15 is 0 Å². The van der Waals surface area contributed by atoms with Crippen LogP contribution in [0.2, 0.25) is 0 Å². The number of aliphatic carboxylic acids is 1. The normalized spacial score (nSPS) is 12.8. The van der Waals surface area contributed by atoms with Crippen LogP contribution in [-0.2, 0) is 4.79 Å². The van der Waals surface area contributed by atoms with E-state index in [9.17, 15) is 4.79 Å². The summed E-state index contributed by atoms with van der Waals surface area (Å²) in [6, 6.07) is -0.571.